The summed E-state index contributed by atoms with van der Waals surface area (Å²) in [5, 5.41) is 10.8. The SMILES string of the molecule is C=C(/C=C\C=C/C)OCc1ccccc1.Nc1ncc(CNC2CC2)nn1. The monoisotopic (exact) mass is 365 g/mol. The van der Waals surface area contributed by atoms with E-state index >= 15 is 0 Å². The second-order valence-electron chi connectivity index (χ2n) is 6.09. The summed E-state index contributed by atoms with van der Waals surface area (Å²) in [7, 11) is 0. The molecule has 0 spiro atoms. The number of nitrogens with two attached hydrogens (primary N) is 1. The first kappa shape index (κ1) is 20.3. The number of nitrogens with zero attached hydrogens (tertiary/aromatic N) is 3. The maximum atomic E-state index is 5.46. The van der Waals surface area contributed by atoms with Crippen LogP contribution < -0.4 is 11.1 Å². The van der Waals surface area contributed by atoms with Gasteiger partial charge in [0.1, 0.15) is 12.4 Å². The topological polar surface area (TPSA) is 86.0 Å². The molecule has 1 aromatic carbocycles. The molecule has 2 aromatic rings. The van der Waals surface area contributed by atoms with Gasteiger partial charge in [-0.15, -0.1) is 10.2 Å². The molecule has 0 saturated heterocycles. The van der Waals surface area contributed by atoms with E-state index < -0.39 is 0 Å². The number of nitrogen functional groups attached to an aromatic ring is 1. The van der Waals surface area contributed by atoms with E-state index in [9.17, 15) is 0 Å². The van der Waals surface area contributed by atoms with E-state index in [-0.39, 0.29) is 5.95 Å². The molecule has 0 radical (unpaired) electrons. The van der Waals surface area contributed by atoms with E-state index in [2.05, 4.69) is 27.1 Å². The molecule has 1 heterocycles. The molecule has 3 N–H and O–H groups in total. The first-order valence-corrected chi connectivity index (χ1v) is 9.00. The number of hydrogen-bond donors (Lipinski definition) is 2. The molecule has 0 bridgehead atoms. The molecule has 27 heavy (non-hydrogen) atoms. The molecule has 0 amide bonds. The normalized spacial score (nSPS) is 13.4. The average Bonchev–Trinajstić information content (AvgIpc) is 3.52. The lowest BCUT2D eigenvalue weighted by Gasteiger charge is -2.04. The van der Waals surface area contributed by atoms with Crippen molar-refractivity contribution < 1.29 is 4.74 Å². The molecule has 6 nitrogen and oxygen atoms in total. The number of hydrogen-bond acceptors (Lipinski definition) is 6. The summed E-state index contributed by atoms with van der Waals surface area (Å²) in [4.78, 5) is 3.84. The van der Waals surface area contributed by atoms with Crippen molar-refractivity contribution in [3.8, 4) is 0 Å². The van der Waals surface area contributed by atoms with Crippen molar-refractivity contribution >= 4 is 5.95 Å². The minimum atomic E-state index is 0.227. The molecule has 0 aliphatic heterocycles. The third kappa shape index (κ3) is 9.32. The number of rotatable bonds is 8. The molecule has 142 valence electrons. The Morgan fingerprint density at radius 3 is 2.67 bits per heavy atom. The summed E-state index contributed by atoms with van der Waals surface area (Å²) in [6, 6.07) is 10.7. The van der Waals surface area contributed by atoms with Crippen LogP contribution in [-0.4, -0.2) is 21.2 Å². The van der Waals surface area contributed by atoms with Crippen LogP contribution in [0.1, 0.15) is 31.0 Å². The van der Waals surface area contributed by atoms with Crippen LogP contribution in [0.25, 0.3) is 0 Å². The number of ether oxygens (including phenoxy) is 1. The molecule has 1 aromatic heterocycles. The summed E-state index contributed by atoms with van der Waals surface area (Å²) < 4.78 is 5.46. The van der Waals surface area contributed by atoms with Gasteiger partial charge in [-0.05, 0) is 31.4 Å². The Balaban J connectivity index is 0.000000198. The van der Waals surface area contributed by atoms with Crippen LogP contribution in [0.2, 0.25) is 0 Å². The fourth-order valence-corrected chi connectivity index (χ4v) is 2.00. The highest BCUT2D eigenvalue weighted by Gasteiger charge is 2.20. The van der Waals surface area contributed by atoms with E-state index in [0.29, 0.717) is 18.4 Å². The Morgan fingerprint density at radius 2 is 2.04 bits per heavy atom. The molecule has 1 saturated carbocycles. The van der Waals surface area contributed by atoms with Crippen LogP contribution in [0.5, 0.6) is 0 Å². The lowest BCUT2D eigenvalue weighted by Crippen LogP contribution is -2.17. The molecule has 0 atom stereocenters. The summed E-state index contributed by atoms with van der Waals surface area (Å²) in [6.45, 7) is 7.08. The van der Waals surface area contributed by atoms with Crippen LogP contribution >= 0.6 is 0 Å². The fraction of sp³-hybridized carbons (Fsp3) is 0.286. The predicted molar refractivity (Wildman–Crippen MR) is 108 cm³/mol. The summed E-state index contributed by atoms with van der Waals surface area (Å²) in [5.74, 6) is 0.905. The minimum Gasteiger partial charge on any atom is -0.490 e. The third-order valence-electron chi connectivity index (χ3n) is 3.63. The highest BCUT2D eigenvalue weighted by atomic mass is 16.5. The second kappa shape index (κ2) is 11.6. The third-order valence-corrected chi connectivity index (χ3v) is 3.63. The molecular formula is C21H27N5O. The van der Waals surface area contributed by atoms with E-state index in [1.165, 1.54) is 12.8 Å². The zero-order valence-corrected chi connectivity index (χ0v) is 15.7. The predicted octanol–water partition coefficient (Wildman–Crippen LogP) is 3.56. The van der Waals surface area contributed by atoms with Crippen molar-refractivity contribution in [2.24, 2.45) is 0 Å². The van der Waals surface area contributed by atoms with Gasteiger partial charge in [0.15, 0.2) is 0 Å². The van der Waals surface area contributed by atoms with Crippen molar-refractivity contribution in [1.29, 1.82) is 0 Å². The number of aromatic nitrogens is 3. The van der Waals surface area contributed by atoms with Crippen molar-refractivity contribution in [1.82, 2.24) is 20.5 Å². The molecule has 1 aliphatic rings. The molecule has 6 heteroatoms. The highest BCUT2D eigenvalue weighted by Crippen LogP contribution is 2.18. The zero-order valence-electron chi connectivity index (χ0n) is 15.7. The van der Waals surface area contributed by atoms with E-state index in [1.807, 2.05) is 61.6 Å². The van der Waals surface area contributed by atoms with E-state index in [1.54, 1.807) is 6.20 Å². The van der Waals surface area contributed by atoms with Crippen molar-refractivity contribution in [2.45, 2.75) is 39.0 Å². The lowest BCUT2D eigenvalue weighted by atomic mass is 10.2. The number of nitrogens with one attached hydrogen (secondary N) is 1. The Morgan fingerprint density at radius 1 is 1.26 bits per heavy atom. The molecular weight excluding hydrogens is 338 g/mol. The Bertz CT molecular complexity index is 737. The summed E-state index contributed by atoms with van der Waals surface area (Å²) >= 11 is 0. The van der Waals surface area contributed by atoms with Crippen molar-refractivity contribution in [3.05, 3.63) is 84.4 Å². The average molecular weight is 365 g/mol. The largest absolute Gasteiger partial charge is 0.490 e. The van der Waals surface area contributed by atoms with Crippen LogP contribution in [0.4, 0.5) is 5.95 Å². The van der Waals surface area contributed by atoms with Crippen LogP contribution in [0, 0.1) is 0 Å². The first-order chi connectivity index (χ1) is 13.2. The van der Waals surface area contributed by atoms with Gasteiger partial charge in [0.2, 0.25) is 5.95 Å². The maximum absolute atomic E-state index is 5.46. The number of anilines is 1. The Hall–Kier alpha value is -2.99. The molecule has 1 aliphatic carbocycles. The summed E-state index contributed by atoms with van der Waals surface area (Å²) in [5.41, 5.74) is 7.28. The van der Waals surface area contributed by atoms with E-state index in [0.717, 1.165) is 17.8 Å². The summed E-state index contributed by atoms with van der Waals surface area (Å²) in [6.07, 6.45) is 11.9. The van der Waals surface area contributed by atoms with Gasteiger partial charge in [-0.1, -0.05) is 55.1 Å². The van der Waals surface area contributed by atoms with Crippen LogP contribution in [0.15, 0.2) is 73.2 Å². The highest BCUT2D eigenvalue weighted by molar-refractivity contribution is 5.17. The molecule has 0 unspecified atom stereocenters. The second-order valence-corrected chi connectivity index (χ2v) is 6.09. The molecule has 1 fully saturated rings. The Kier molecular flexibility index (Phi) is 8.73. The first-order valence-electron chi connectivity index (χ1n) is 9.00. The van der Waals surface area contributed by atoms with Gasteiger partial charge >= 0.3 is 0 Å². The van der Waals surface area contributed by atoms with Gasteiger partial charge < -0.3 is 15.8 Å². The zero-order chi connectivity index (χ0) is 19.3. The van der Waals surface area contributed by atoms with Gasteiger partial charge in [-0.3, -0.25) is 0 Å². The van der Waals surface area contributed by atoms with Gasteiger partial charge in [0.25, 0.3) is 0 Å². The fourth-order valence-electron chi connectivity index (χ4n) is 2.00. The number of allylic oxidation sites excluding steroid dienone is 4. The van der Waals surface area contributed by atoms with E-state index in [4.69, 9.17) is 10.5 Å². The minimum absolute atomic E-state index is 0.227. The van der Waals surface area contributed by atoms with Gasteiger partial charge in [-0.25, -0.2) is 4.98 Å². The van der Waals surface area contributed by atoms with Crippen molar-refractivity contribution in [2.75, 3.05) is 5.73 Å². The van der Waals surface area contributed by atoms with Crippen LogP contribution in [0.3, 0.4) is 0 Å². The van der Waals surface area contributed by atoms with Gasteiger partial charge in [0.05, 0.1) is 11.9 Å². The molecule has 3 rings (SSSR count). The Labute approximate surface area is 160 Å². The lowest BCUT2D eigenvalue weighted by molar-refractivity contribution is 0.212. The van der Waals surface area contributed by atoms with Crippen molar-refractivity contribution in [3.63, 3.8) is 0 Å². The number of benzene rings is 1. The standard InChI is InChI=1S/C14H16O.C7H11N5/c1-3-4-6-9-13(2)15-12-14-10-7-5-8-11-14;8-7-10-4-6(11-12-7)3-9-5-1-2-5/h3-11H,2,12H2,1H3;4-5,9H,1-3H2,(H2,8,10,12)/b4-3-,9-6-;. The van der Waals surface area contributed by atoms with Gasteiger partial charge in [0, 0.05) is 12.6 Å². The quantitative estimate of drug-likeness (QED) is 0.549. The van der Waals surface area contributed by atoms with Gasteiger partial charge in [-0.2, -0.15) is 0 Å². The van der Waals surface area contributed by atoms with Crippen LogP contribution in [-0.2, 0) is 17.9 Å². The smallest absolute Gasteiger partial charge is 0.240 e. The maximum Gasteiger partial charge on any atom is 0.240 e.